The maximum atomic E-state index is 11.0. The predicted molar refractivity (Wildman–Crippen MR) is 81.7 cm³/mol. The molecule has 0 aliphatic rings. The Morgan fingerprint density at radius 2 is 2.09 bits per heavy atom. The Balaban J connectivity index is 1.84. The zero-order valence-electron chi connectivity index (χ0n) is 12.4. The highest BCUT2D eigenvalue weighted by Gasteiger charge is 2.10. The summed E-state index contributed by atoms with van der Waals surface area (Å²) in [6.45, 7) is 2.48. The van der Waals surface area contributed by atoms with Gasteiger partial charge in [0.2, 0.25) is 0 Å². The third-order valence-electron chi connectivity index (χ3n) is 3.45. The average molecular weight is 296 g/mol. The van der Waals surface area contributed by atoms with Crippen molar-refractivity contribution in [2.75, 3.05) is 0 Å². The van der Waals surface area contributed by atoms with Crippen molar-refractivity contribution in [3.8, 4) is 11.3 Å². The van der Waals surface area contributed by atoms with Crippen LogP contribution >= 0.6 is 0 Å². The first kappa shape index (κ1) is 14.1. The second-order valence-electron chi connectivity index (χ2n) is 5.21. The van der Waals surface area contributed by atoms with Gasteiger partial charge in [0.25, 0.3) is 0 Å². The SMILES string of the molecule is Cc1nn(C)cc1-c1ccn(Cc2cccc(C(=O)O)c2)n1. The van der Waals surface area contributed by atoms with Crippen LogP contribution in [0, 0.1) is 6.92 Å². The lowest BCUT2D eigenvalue weighted by Gasteiger charge is -2.03. The molecule has 22 heavy (non-hydrogen) atoms. The zero-order chi connectivity index (χ0) is 15.7. The van der Waals surface area contributed by atoms with Gasteiger partial charge >= 0.3 is 5.97 Å². The van der Waals surface area contributed by atoms with Crippen molar-refractivity contribution >= 4 is 5.97 Å². The second-order valence-corrected chi connectivity index (χ2v) is 5.21. The first-order chi connectivity index (χ1) is 10.5. The van der Waals surface area contributed by atoms with Crippen LogP contribution in [0.5, 0.6) is 0 Å². The van der Waals surface area contributed by atoms with E-state index in [4.69, 9.17) is 5.11 Å². The first-order valence-corrected chi connectivity index (χ1v) is 6.89. The highest BCUT2D eigenvalue weighted by Crippen LogP contribution is 2.20. The number of carboxylic acid groups (broad SMARTS) is 1. The Morgan fingerprint density at radius 3 is 2.77 bits per heavy atom. The van der Waals surface area contributed by atoms with Crippen LogP contribution in [0.1, 0.15) is 21.6 Å². The highest BCUT2D eigenvalue weighted by molar-refractivity contribution is 5.87. The Bertz CT molecular complexity index is 832. The number of hydrogen-bond acceptors (Lipinski definition) is 3. The molecule has 0 radical (unpaired) electrons. The fourth-order valence-electron chi connectivity index (χ4n) is 2.43. The Morgan fingerprint density at radius 1 is 1.27 bits per heavy atom. The monoisotopic (exact) mass is 296 g/mol. The van der Waals surface area contributed by atoms with Gasteiger partial charge < -0.3 is 5.11 Å². The van der Waals surface area contributed by atoms with Gasteiger partial charge in [-0.1, -0.05) is 12.1 Å². The van der Waals surface area contributed by atoms with Crippen LogP contribution in [-0.2, 0) is 13.6 Å². The van der Waals surface area contributed by atoms with E-state index in [1.807, 2.05) is 38.5 Å². The van der Waals surface area contributed by atoms with Gasteiger partial charge in [0.1, 0.15) is 0 Å². The smallest absolute Gasteiger partial charge is 0.335 e. The van der Waals surface area contributed by atoms with E-state index in [0.29, 0.717) is 6.54 Å². The summed E-state index contributed by atoms with van der Waals surface area (Å²) in [7, 11) is 1.88. The molecular weight excluding hydrogens is 280 g/mol. The second kappa shape index (κ2) is 5.48. The van der Waals surface area contributed by atoms with Crippen molar-refractivity contribution in [1.82, 2.24) is 19.6 Å². The molecule has 1 N–H and O–H groups in total. The fourth-order valence-corrected chi connectivity index (χ4v) is 2.43. The van der Waals surface area contributed by atoms with Crippen molar-refractivity contribution in [2.45, 2.75) is 13.5 Å². The summed E-state index contributed by atoms with van der Waals surface area (Å²) in [5.41, 5.74) is 3.98. The highest BCUT2D eigenvalue weighted by atomic mass is 16.4. The van der Waals surface area contributed by atoms with Crippen molar-refractivity contribution < 1.29 is 9.90 Å². The lowest BCUT2D eigenvalue weighted by Crippen LogP contribution is -2.03. The molecule has 0 amide bonds. The van der Waals surface area contributed by atoms with Crippen LogP contribution < -0.4 is 0 Å². The minimum absolute atomic E-state index is 0.285. The molecular formula is C16H16N4O2. The molecule has 112 valence electrons. The largest absolute Gasteiger partial charge is 0.478 e. The van der Waals surface area contributed by atoms with E-state index < -0.39 is 5.97 Å². The van der Waals surface area contributed by atoms with Crippen molar-refractivity contribution in [3.63, 3.8) is 0 Å². The minimum atomic E-state index is -0.922. The lowest BCUT2D eigenvalue weighted by atomic mass is 10.1. The average Bonchev–Trinajstić information content (AvgIpc) is 3.05. The molecule has 0 saturated carbocycles. The summed E-state index contributed by atoms with van der Waals surface area (Å²) in [6.07, 6.45) is 3.82. The molecule has 2 aromatic heterocycles. The molecule has 0 atom stereocenters. The van der Waals surface area contributed by atoms with Crippen LogP contribution in [0.4, 0.5) is 0 Å². The van der Waals surface area contributed by atoms with Gasteiger partial charge in [-0.2, -0.15) is 10.2 Å². The zero-order valence-corrected chi connectivity index (χ0v) is 12.4. The number of aryl methyl sites for hydroxylation is 2. The van der Waals surface area contributed by atoms with Crippen LogP contribution in [0.15, 0.2) is 42.7 Å². The van der Waals surface area contributed by atoms with E-state index in [-0.39, 0.29) is 5.56 Å². The number of carboxylic acids is 1. The van der Waals surface area contributed by atoms with Gasteiger partial charge in [-0.25, -0.2) is 4.79 Å². The van der Waals surface area contributed by atoms with Gasteiger partial charge in [0, 0.05) is 25.0 Å². The normalized spacial score (nSPS) is 10.8. The Hall–Kier alpha value is -2.89. The molecule has 2 heterocycles. The van der Waals surface area contributed by atoms with Crippen LogP contribution in [0.3, 0.4) is 0 Å². The quantitative estimate of drug-likeness (QED) is 0.802. The summed E-state index contributed by atoms with van der Waals surface area (Å²) >= 11 is 0. The van der Waals surface area contributed by atoms with Gasteiger partial charge in [0.05, 0.1) is 23.5 Å². The van der Waals surface area contributed by atoms with Crippen molar-refractivity contribution in [1.29, 1.82) is 0 Å². The van der Waals surface area contributed by atoms with E-state index in [2.05, 4.69) is 10.2 Å². The first-order valence-electron chi connectivity index (χ1n) is 6.89. The van der Waals surface area contributed by atoms with Crippen LogP contribution in [-0.4, -0.2) is 30.6 Å². The van der Waals surface area contributed by atoms with E-state index in [1.54, 1.807) is 27.6 Å². The number of aromatic carboxylic acids is 1. The Labute approximate surface area is 127 Å². The number of carbonyl (C=O) groups is 1. The summed E-state index contributed by atoms with van der Waals surface area (Å²) < 4.78 is 3.56. The van der Waals surface area contributed by atoms with Crippen LogP contribution in [0.2, 0.25) is 0 Å². The van der Waals surface area contributed by atoms with Gasteiger partial charge in [0.15, 0.2) is 0 Å². The standard InChI is InChI=1S/C16H16N4O2/c1-11-14(10-19(2)17-11)15-6-7-20(18-15)9-12-4-3-5-13(8-12)16(21)22/h3-8,10H,9H2,1-2H3,(H,21,22). The fraction of sp³-hybridized carbons (Fsp3) is 0.188. The maximum absolute atomic E-state index is 11.0. The summed E-state index contributed by atoms with van der Waals surface area (Å²) in [5.74, 6) is -0.922. The van der Waals surface area contributed by atoms with Gasteiger partial charge in [-0.3, -0.25) is 9.36 Å². The third-order valence-corrected chi connectivity index (χ3v) is 3.45. The molecule has 0 aliphatic heterocycles. The molecule has 0 saturated heterocycles. The Kier molecular flexibility index (Phi) is 3.50. The lowest BCUT2D eigenvalue weighted by molar-refractivity contribution is 0.0696. The van der Waals surface area contributed by atoms with Crippen LogP contribution in [0.25, 0.3) is 11.3 Å². The maximum Gasteiger partial charge on any atom is 0.335 e. The molecule has 0 aliphatic carbocycles. The molecule has 0 spiro atoms. The molecule has 1 aromatic carbocycles. The molecule has 0 unspecified atom stereocenters. The molecule has 3 aromatic rings. The number of hydrogen-bond donors (Lipinski definition) is 1. The summed E-state index contributed by atoms with van der Waals surface area (Å²) in [5, 5.41) is 17.9. The van der Waals surface area contributed by atoms with Crippen molar-refractivity contribution in [3.05, 3.63) is 59.5 Å². The molecule has 0 fully saturated rings. The third kappa shape index (κ3) is 2.76. The molecule has 6 nitrogen and oxygen atoms in total. The van der Waals surface area contributed by atoms with Gasteiger partial charge in [-0.15, -0.1) is 0 Å². The number of aromatic nitrogens is 4. The van der Waals surface area contributed by atoms with Crippen molar-refractivity contribution in [2.24, 2.45) is 7.05 Å². The number of benzene rings is 1. The van der Waals surface area contributed by atoms with E-state index in [1.165, 1.54) is 0 Å². The number of rotatable bonds is 4. The molecule has 6 heteroatoms. The predicted octanol–water partition coefficient (Wildman–Crippen LogP) is 2.34. The topological polar surface area (TPSA) is 72.9 Å². The minimum Gasteiger partial charge on any atom is -0.478 e. The van der Waals surface area contributed by atoms with E-state index in [9.17, 15) is 4.79 Å². The number of nitrogens with zero attached hydrogens (tertiary/aromatic N) is 4. The van der Waals surface area contributed by atoms with E-state index in [0.717, 1.165) is 22.5 Å². The molecule has 0 bridgehead atoms. The van der Waals surface area contributed by atoms with Gasteiger partial charge in [-0.05, 0) is 30.7 Å². The van der Waals surface area contributed by atoms with E-state index >= 15 is 0 Å². The summed E-state index contributed by atoms with van der Waals surface area (Å²) in [4.78, 5) is 11.0. The molecule has 3 rings (SSSR count). The summed E-state index contributed by atoms with van der Waals surface area (Å²) in [6, 6.07) is 8.82.